The molecular formula is C20H28ClN3O2. The fourth-order valence-electron chi connectivity index (χ4n) is 4.97. The highest BCUT2D eigenvalue weighted by Crippen LogP contribution is 2.39. The van der Waals surface area contributed by atoms with E-state index in [1.165, 1.54) is 19.3 Å². The molecule has 1 aromatic carbocycles. The van der Waals surface area contributed by atoms with Crippen LogP contribution in [0.15, 0.2) is 24.3 Å². The zero-order chi connectivity index (χ0) is 17.4. The SMILES string of the molecule is Cl.NC1CC2CCCC(C1)C2NC(=O)c1ccc(N2CCCC2=O)cc1. The maximum absolute atomic E-state index is 12.7. The molecule has 0 radical (unpaired) electrons. The van der Waals surface area contributed by atoms with Crippen molar-refractivity contribution in [1.82, 2.24) is 5.32 Å². The van der Waals surface area contributed by atoms with Gasteiger partial charge in [0.25, 0.3) is 5.91 Å². The van der Waals surface area contributed by atoms with Gasteiger partial charge in [-0.25, -0.2) is 0 Å². The van der Waals surface area contributed by atoms with Gasteiger partial charge in [0.05, 0.1) is 0 Å². The summed E-state index contributed by atoms with van der Waals surface area (Å²) in [5, 5.41) is 3.28. The number of hydrogen-bond donors (Lipinski definition) is 2. The Labute approximate surface area is 161 Å². The number of benzene rings is 1. The van der Waals surface area contributed by atoms with E-state index < -0.39 is 0 Å². The largest absolute Gasteiger partial charge is 0.349 e. The molecule has 1 heterocycles. The number of amides is 2. The molecule has 3 fully saturated rings. The van der Waals surface area contributed by atoms with Crippen LogP contribution in [-0.4, -0.2) is 30.4 Å². The van der Waals surface area contributed by atoms with Gasteiger partial charge in [-0.2, -0.15) is 0 Å². The number of nitrogens with one attached hydrogen (secondary N) is 1. The summed E-state index contributed by atoms with van der Waals surface area (Å²) in [6, 6.07) is 7.99. The van der Waals surface area contributed by atoms with E-state index in [1.807, 2.05) is 24.3 Å². The zero-order valence-corrected chi connectivity index (χ0v) is 15.8. The second kappa shape index (κ2) is 7.97. The fourth-order valence-corrected chi connectivity index (χ4v) is 4.97. The Hall–Kier alpha value is -1.59. The average Bonchev–Trinajstić information content (AvgIpc) is 3.02. The van der Waals surface area contributed by atoms with Crippen molar-refractivity contribution in [3.05, 3.63) is 29.8 Å². The van der Waals surface area contributed by atoms with Gasteiger partial charge in [0.15, 0.2) is 0 Å². The molecule has 3 N–H and O–H groups in total. The third kappa shape index (κ3) is 3.74. The standard InChI is InChI=1S/C20H27N3O2.ClH/c21-16-11-14-3-1-4-15(12-16)19(14)22-20(25)13-6-8-17(9-7-13)23-10-2-5-18(23)24;/h6-9,14-16,19H,1-5,10-12,21H2,(H,22,25);1H. The van der Waals surface area contributed by atoms with Crippen LogP contribution in [-0.2, 0) is 4.79 Å². The lowest BCUT2D eigenvalue weighted by atomic mass is 9.67. The molecule has 1 aromatic rings. The third-order valence-corrected chi connectivity index (χ3v) is 6.19. The van der Waals surface area contributed by atoms with Crippen LogP contribution in [0.4, 0.5) is 5.69 Å². The van der Waals surface area contributed by atoms with E-state index >= 15 is 0 Å². The Morgan fingerprint density at radius 1 is 1.08 bits per heavy atom. The first-order valence-corrected chi connectivity index (χ1v) is 9.58. The topological polar surface area (TPSA) is 75.4 Å². The third-order valence-electron chi connectivity index (χ3n) is 6.19. The summed E-state index contributed by atoms with van der Waals surface area (Å²) in [6.07, 6.45) is 7.18. The zero-order valence-electron chi connectivity index (χ0n) is 15.0. The molecule has 0 aromatic heterocycles. The molecule has 5 nitrogen and oxygen atoms in total. The van der Waals surface area contributed by atoms with Crippen molar-refractivity contribution in [3.8, 4) is 0 Å². The minimum Gasteiger partial charge on any atom is -0.349 e. The normalized spacial score (nSPS) is 30.7. The number of fused-ring (bicyclic) bond motifs is 2. The molecule has 26 heavy (non-hydrogen) atoms. The summed E-state index contributed by atoms with van der Waals surface area (Å²) in [6.45, 7) is 0.774. The molecule has 2 atom stereocenters. The van der Waals surface area contributed by atoms with Gasteiger partial charge in [-0.3, -0.25) is 9.59 Å². The van der Waals surface area contributed by atoms with Crippen molar-refractivity contribution in [2.24, 2.45) is 17.6 Å². The Balaban J connectivity index is 0.00000196. The molecule has 3 aliphatic rings. The fraction of sp³-hybridized carbons (Fsp3) is 0.600. The van der Waals surface area contributed by atoms with Crippen LogP contribution in [0.5, 0.6) is 0 Å². The number of nitrogens with two attached hydrogens (primary N) is 1. The summed E-state index contributed by atoms with van der Waals surface area (Å²) < 4.78 is 0. The van der Waals surface area contributed by atoms with Crippen LogP contribution >= 0.6 is 12.4 Å². The predicted octanol–water partition coefficient (Wildman–Crippen LogP) is 2.87. The molecule has 2 bridgehead atoms. The van der Waals surface area contributed by atoms with Crippen LogP contribution in [0, 0.1) is 11.8 Å². The molecule has 4 rings (SSSR count). The van der Waals surface area contributed by atoms with Crippen LogP contribution in [0.3, 0.4) is 0 Å². The van der Waals surface area contributed by atoms with Crippen molar-refractivity contribution < 1.29 is 9.59 Å². The molecule has 1 aliphatic heterocycles. The molecule has 0 spiro atoms. The lowest BCUT2D eigenvalue weighted by molar-refractivity contribution is -0.117. The van der Waals surface area contributed by atoms with Crippen molar-refractivity contribution >= 4 is 29.9 Å². The van der Waals surface area contributed by atoms with E-state index in [0.717, 1.165) is 31.5 Å². The predicted molar refractivity (Wildman–Crippen MR) is 105 cm³/mol. The van der Waals surface area contributed by atoms with Gasteiger partial charge in [-0.1, -0.05) is 6.42 Å². The molecule has 6 heteroatoms. The number of carbonyl (C=O) groups excluding carboxylic acids is 2. The van der Waals surface area contributed by atoms with Crippen molar-refractivity contribution in [2.45, 2.75) is 57.0 Å². The molecule has 1 saturated heterocycles. The number of carbonyl (C=O) groups is 2. The monoisotopic (exact) mass is 377 g/mol. The summed E-state index contributed by atoms with van der Waals surface area (Å²) in [5.41, 5.74) is 7.73. The second-order valence-electron chi connectivity index (χ2n) is 7.88. The quantitative estimate of drug-likeness (QED) is 0.850. The van der Waals surface area contributed by atoms with Crippen molar-refractivity contribution in [3.63, 3.8) is 0 Å². The minimum absolute atomic E-state index is 0. The van der Waals surface area contributed by atoms with Crippen LogP contribution in [0.1, 0.15) is 55.3 Å². The van der Waals surface area contributed by atoms with E-state index in [1.54, 1.807) is 4.90 Å². The van der Waals surface area contributed by atoms with E-state index in [0.29, 0.717) is 29.9 Å². The Morgan fingerprint density at radius 2 is 1.73 bits per heavy atom. The summed E-state index contributed by atoms with van der Waals surface area (Å²) >= 11 is 0. The van der Waals surface area contributed by atoms with Gasteiger partial charge in [0.2, 0.25) is 5.91 Å². The van der Waals surface area contributed by atoms with Gasteiger partial charge < -0.3 is 16.0 Å². The Morgan fingerprint density at radius 3 is 2.31 bits per heavy atom. The molecule has 2 saturated carbocycles. The summed E-state index contributed by atoms with van der Waals surface area (Å²) in [4.78, 5) is 26.3. The first-order chi connectivity index (χ1) is 12.1. The van der Waals surface area contributed by atoms with Crippen LogP contribution in [0.25, 0.3) is 0 Å². The molecule has 142 valence electrons. The average molecular weight is 378 g/mol. The molecule has 2 unspecified atom stereocenters. The minimum atomic E-state index is -0.00308. The van der Waals surface area contributed by atoms with Gasteiger partial charge in [0.1, 0.15) is 0 Å². The van der Waals surface area contributed by atoms with E-state index in [-0.39, 0.29) is 30.3 Å². The molecule has 2 amide bonds. The van der Waals surface area contributed by atoms with E-state index in [4.69, 9.17) is 5.73 Å². The number of nitrogens with zero attached hydrogens (tertiary/aromatic N) is 1. The number of hydrogen-bond acceptors (Lipinski definition) is 3. The van der Waals surface area contributed by atoms with Gasteiger partial charge in [-0.15, -0.1) is 12.4 Å². The van der Waals surface area contributed by atoms with Gasteiger partial charge >= 0.3 is 0 Å². The smallest absolute Gasteiger partial charge is 0.251 e. The first-order valence-electron chi connectivity index (χ1n) is 9.58. The lowest BCUT2D eigenvalue weighted by Crippen LogP contribution is -2.53. The van der Waals surface area contributed by atoms with Crippen molar-refractivity contribution in [1.29, 1.82) is 0 Å². The first kappa shape index (κ1) is 19.2. The van der Waals surface area contributed by atoms with Crippen molar-refractivity contribution in [2.75, 3.05) is 11.4 Å². The molecular weight excluding hydrogens is 350 g/mol. The highest BCUT2D eigenvalue weighted by atomic mass is 35.5. The van der Waals surface area contributed by atoms with E-state index in [2.05, 4.69) is 5.32 Å². The van der Waals surface area contributed by atoms with E-state index in [9.17, 15) is 9.59 Å². The van der Waals surface area contributed by atoms with Gasteiger partial charge in [0, 0.05) is 36.3 Å². The van der Waals surface area contributed by atoms with Gasteiger partial charge in [-0.05, 0) is 68.2 Å². The number of anilines is 1. The lowest BCUT2D eigenvalue weighted by Gasteiger charge is -2.45. The Kier molecular flexibility index (Phi) is 5.88. The van der Waals surface area contributed by atoms with Crippen LogP contribution in [0.2, 0.25) is 0 Å². The number of halogens is 1. The highest BCUT2D eigenvalue weighted by Gasteiger charge is 2.39. The second-order valence-corrected chi connectivity index (χ2v) is 7.88. The summed E-state index contributed by atoms with van der Waals surface area (Å²) in [7, 11) is 0. The Bertz CT molecular complexity index is 650. The maximum atomic E-state index is 12.7. The summed E-state index contributed by atoms with van der Waals surface area (Å²) in [5.74, 6) is 1.21. The highest BCUT2D eigenvalue weighted by molar-refractivity contribution is 5.97. The maximum Gasteiger partial charge on any atom is 0.251 e. The number of rotatable bonds is 3. The molecule has 2 aliphatic carbocycles. The van der Waals surface area contributed by atoms with Crippen LogP contribution < -0.4 is 16.0 Å².